The molecule has 0 amide bonds. The highest BCUT2D eigenvalue weighted by molar-refractivity contribution is 5.67. The first kappa shape index (κ1) is 18.3. The van der Waals surface area contributed by atoms with Gasteiger partial charge >= 0.3 is 17.9 Å². The van der Waals surface area contributed by atoms with Gasteiger partial charge in [0.2, 0.25) is 0 Å². The molecule has 0 aromatic heterocycles. The van der Waals surface area contributed by atoms with Crippen LogP contribution in [0, 0.1) is 0 Å². The Kier molecular flexibility index (Phi) is 6.72. The van der Waals surface area contributed by atoms with Gasteiger partial charge in [-0.3, -0.25) is 14.4 Å². The molecule has 1 aliphatic heterocycles. The van der Waals surface area contributed by atoms with E-state index >= 15 is 0 Å². The van der Waals surface area contributed by atoms with E-state index in [2.05, 4.69) is 0 Å². The molecule has 9 heteroatoms. The maximum absolute atomic E-state index is 11.2. The molecule has 0 aliphatic carbocycles. The average molecular weight is 320 g/mol. The fourth-order valence-electron chi connectivity index (χ4n) is 2.08. The zero-order chi connectivity index (χ0) is 16.9. The summed E-state index contributed by atoms with van der Waals surface area (Å²) in [5.41, 5.74) is 0. The quantitative estimate of drug-likeness (QED) is 0.510. The molecule has 0 radical (unpaired) electrons. The Morgan fingerprint density at radius 3 is 2.00 bits per heavy atom. The zero-order valence-corrected chi connectivity index (χ0v) is 12.8. The first-order chi connectivity index (χ1) is 10.3. The van der Waals surface area contributed by atoms with E-state index in [4.69, 9.17) is 23.7 Å². The molecule has 0 aromatic rings. The van der Waals surface area contributed by atoms with Crippen LogP contribution in [0.1, 0.15) is 20.8 Å². The number of rotatable bonds is 5. The van der Waals surface area contributed by atoms with Crippen LogP contribution in [-0.2, 0) is 38.1 Å². The maximum Gasteiger partial charge on any atom is 0.303 e. The molecule has 1 unspecified atom stereocenters. The number of ether oxygens (including phenoxy) is 5. The van der Waals surface area contributed by atoms with E-state index in [0.717, 1.165) is 13.8 Å². The van der Waals surface area contributed by atoms with Crippen molar-refractivity contribution in [3.8, 4) is 0 Å². The Labute approximate surface area is 127 Å². The average Bonchev–Trinajstić information content (AvgIpc) is 2.41. The Balaban J connectivity index is 3.00. The van der Waals surface area contributed by atoms with Crippen molar-refractivity contribution in [2.45, 2.75) is 51.5 Å². The number of carbonyl (C=O) groups excluding carboxylic acids is 3. The second kappa shape index (κ2) is 8.06. The highest BCUT2D eigenvalue weighted by Crippen LogP contribution is 2.27. The van der Waals surface area contributed by atoms with Gasteiger partial charge in [0, 0.05) is 27.9 Å². The van der Waals surface area contributed by atoms with Gasteiger partial charge in [-0.2, -0.15) is 0 Å². The van der Waals surface area contributed by atoms with Crippen LogP contribution >= 0.6 is 0 Å². The predicted octanol–water partition coefficient (Wildman–Crippen LogP) is -0.855. The molecule has 1 heterocycles. The van der Waals surface area contributed by atoms with Crippen molar-refractivity contribution in [1.29, 1.82) is 0 Å². The van der Waals surface area contributed by atoms with Gasteiger partial charge in [-0.15, -0.1) is 0 Å². The summed E-state index contributed by atoms with van der Waals surface area (Å²) < 4.78 is 25.3. The zero-order valence-electron chi connectivity index (χ0n) is 12.8. The third-order valence-electron chi connectivity index (χ3n) is 2.90. The topological polar surface area (TPSA) is 118 Å². The first-order valence-electron chi connectivity index (χ1n) is 6.60. The molecule has 1 N–H and O–H groups in total. The van der Waals surface area contributed by atoms with E-state index in [-0.39, 0.29) is 6.61 Å². The Morgan fingerprint density at radius 2 is 1.55 bits per heavy atom. The normalized spacial score (nSPS) is 31.2. The Bertz CT molecular complexity index is 422. The van der Waals surface area contributed by atoms with Crippen LogP contribution in [0.25, 0.3) is 0 Å². The van der Waals surface area contributed by atoms with Crippen LogP contribution in [0.3, 0.4) is 0 Å². The largest absolute Gasteiger partial charge is 0.463 e. The third kappa shape index (κ3) is 4.93. The standard InChI is InChI=1S/C13H20O9/c1-6(14)19-5-9-11(20-7(2)15)12(21-8(3)16)10(17)13(18-4)22-9/h9-13,17H,5H2,1-4H3/t9-,10-,11-,12-,13?/m1/s1. The summed E-state index contributed by atoms with van der Waals surface area (Å²) >= 11 is 0. The summed E-state index contributed by atoms with van der Waals surface area (Å²) in [7, 11) is 1.29. The number of esters is 3. The second-order valence-electron chi connectivity index (χ2n) is 4.72. The summed E-state index contributed by atoms with van der Waals surface area (Å²) in [6.45, 7) is 3.26. The molecule has 126 valence electrons. The lowest BCUT2D eigenvalue weighted by atomic mass is 9.98. The monoisotopic (exact) mass is 320 g/mol. The highest BCUT2D eigenvalue weighted by atomic mass is 16.7. The molecule has 5 atom stereocenters. The smallest absolute Gasteiger partial charge is 0.303 e. The van der Waals surface area contributed by atoms with Crippen molar-refractivity contribution in [3.05, 3.63) is 0 Å². The molecule has 1 rings (SSSR count). The van der Waals surface area contributed by atoms with Crippen LogP contribution in [0.5, 0.6) is 0 Å². The van der Waals surface area contributed by atoms with Crippen molar-refractivity contribution in [2.75, 3.05) is 13.7 Å². The van der Waals surface area contributed by atoms with Crippen molar-refractivity contribution in [2.24, 2.45) is 0 Å². The van der Waals surface area contributed by atoms with Crippen molar-refractivity contribution >= 4 is 17.9 Å². The molecular weight excluding hydrogens is 300 g/mol. The Morgan fingerprint density at radius 1 is 1.00 bits per heavy atom. The molecular formula is C13H20O9. The van der Waals surface area contributed by atoms with Gasteiger partial charge in [0.1, 0.15) is 18.8 Å². The number of hydrogen-bond acceptors (Lipinski definition) is 9. The van der Waals surface area contributed by atoms with E-state index in [1.165, 1.54) is 14.0 Å². The number of methoxy groups -OCH3 is 1. The van der Waals surface area contributed by atoms with Crippen LogP contribution in [-0.4, -0.2) is 67.4 Å². The van der Waals surface area contributed by atoms with Gasteiger partial charge in [0.05, 0.1) is 0 Å². The molecule has 1 aliphatic rings. The predicted molar refractivity (Wildman–Crippen MR) is 69.4 cm³/mol. The van der Waals surface area contributed by atoms with Gasteiger partial charge in [0.25, 0.3) is 0 Å². The van der Waals surface area contributed by atoms with E-state index in [0.29, 0.717) is 0 Å². The van der Waals surface area contributed by atoms with Gasteiger partial charge in [-0.05, 0) is 0 Å². The summed E-state index contributed by atoms with van der Waals surface area (Å²) in [5.74, 6) is -1.90. The molecule has 0 saturated carbocycles. The molecule has 0 spiro atoms. The lowest BCUT2D eigenvalue weighted by molar-refractivity contribution is -0.299. The number of aliphatic hydroxyl groups excluding tert-OH is 1. The molecule has 0 bridgehead atoms. The fraction of sp³-hybridized carbons (Fsp3) is 0.769. The fourth-order valence-corrected chi connectivity index (χ4v) is 2.08. The van der Waals surface area contributed by atoms with Crippen LogP contribution in [0.4, 0.5) is 0 Å². The number of carbonyl (C=O) groups is 3. The van der Waals surface area contributed by atoms with Gasteiger partial charge < -0.3 is 28.8 Å². The van der Waals surface area contributed by atoms with E-state index in [1.807, 2.05) is 0 Å². The minimum Gasteiger partial charge on any atom is -0.463 e. The second-order valence-corrected chi connectivity index (χ2v) is 4.72. The van der Waals surface area contributed by atoms with Crippen molar-refractivity contribution < 1.29 is 43.2 Å². The van der Waals surface area contributed by atoms with Gasteiger partial charge in [-0.25, -0.2) is 0 Å². The van der Waals surface area contributed by atoms with Crippen LogP contribution < -0.4 is 0 Å². The van der Waals surface area contributed by atoms with Crippen LogP contribution in [0.2, 0.25) is 0 Å². The van der Waals surface area contributed by atoms with Gasteiger partial charge in [0.15, 0.2) is 18.5 Å². The summed E-state index contributed by atoms with van der Waals surface area (Å²) in [6, 6.07) is 0. The highest BCUT2D eigenvalue weighted by Gasteiger charge is 2.49. The first-order valence-corrected chi connectivity index (χ1v) is 6.60. The molecule has 1 saturated heterocycles. The SMILES string of the molecule is COC1O[C@H](COC(C)=O)[C@@H](OC(C)=O)[C@H](OC(C)=O)[C@H]1O. The number of hydrogen-bond donors (Lipinski definition) is 1. The summed E-state index contributed by atoms with van der Waals surface area (Å²) in [6.07, 6.45) is -5.79. The van der Waals surface area contributed by atoms with Crippen molar-refractivity contribution in [1.82, 2.24) is 0 Å². The summed E-state index contributed by atoms with van der Waals surface area (Å²) in [5, 5.41) is 10.1. The van der Waals surface area contributed by atoms with Gasteiger partial charge in [-0.1, -0.05) is 0 Å². The Hall–Kier alpha value is -1.71. The minimum absolute atomic E-state index is 0.252. The number of aliphatic hydroxyl groups is 1. The van der Waals surface area contributed by atoms with E-state index in [1.54, 1.807) is 0 Å². The third-order valence-corrected chi connectivity index (χ3v) is 2.90. The molecule has 0 aromatic carbocycles. The van der Waals surface area contributed by atoms with E-state index in [9.17, 15) is 19.5 Å². The molecule has 1 fully saturated rings. The van der Waals surface area contributed by atoms with Crippen LogP contribution in [0.15, 0.2) is 0 Å². The summed E-state index contributed by atoms with van der Waals surface area (Å²) in [4.78, 5) is 33.4. The van der Waals surface area contributed by atoms with Crippen molar-refractivity contribution in [3.63, 3.8) is 0 Å². The molecule has 9 nitrogen and oxygen atoms in total. The lowest BCUT2D eigenvalue weighted by Crippen LogP contribution is -2.61. The molecule has 22 heavy (non-hydrogen) atoms. The lowest BCUT2D eigenvalue weighted by Gasteiger charge is -2.42. The maximum atomic E-state index is 11.2. The minimum atomic E-state index is -1.37. The van der Waals surface area contributed by atoms with E-state index < -0.39 is 48.6 Å².